The second-order valence-corrected chi connectivity index (χ2v) is 8.61. The highest BCUT2D eigenvalue weighted by Gasteiger charge is 2.33. The van der Waals surface area contributed by atoms with Crippen LogP contribution in [0.15, 0.2) is 45.9 Å². The number of furan rings is 1. The van der Waals surface area contributed by atoms with Crippen molar-refractivity contribution < 1.29 is 32.0 Å². The van der Waals surface area contributed by atoms with Gasteiger partial charge in [0, 0.05) is 6.07 Å². The van der Waals surface area contributed by atoms with Crippen LogP contribution in [-0.2, 0) is 21.4 Å². The predicted molar refractivity (Wildman–Crippen MR) is 104 cm³/mol. The molecule has 0 spiro atoms. The Hall–Kier alpha value is -2.56. The molecule has 0 aliphatic carbocycles. The van der Waals surface area contributed by atoms with E-state index in [1.165, 1.54) is 24.6 Å². The van der Waals surface area contributed by atoms with Gasteiger partial charge in [-0.1, -0.05) is 0 Å². The van der Waals surface area contributed by atoms with E-state index in [0.717, 1.165) is 4.90 Å². The van der Waals surface area contributed by atoms with E-state index < -0.39 is 10.0 Å². The summed E-state index contributed by atoms with van der Waals surface area (Å²) in [5.74, 6) is 1.32. The fraction of sp³-hybridized carbons (Fsp3) is 0.421. The first-order chi connectivity index (χ1) is 13.9. The number of methoxy groups -OCH3 is 2. The van der Waals surface area contributed by atoms with Gasteiger partial charge < -0.3 is 24.1 Å². The molecule has 0 saturated carbocycles. The predicted octanol–water partition coefficient (Wildman–Crippen LogP) is -0.498. The van der Waals surface area contributed by atoms with Crippen LogP contribution < -0.4 is 19.7 Å². The van der Waals surface area contributed by atoms with Crippen LogP contribution in [0.25, 0.3) is 0 Å². The molecule has 0 unspecified atom stereocenters. The second-order valence-electron chi connectivity index (χ2n) is 6.70. The number of amides is 1. The topological polar surface area (TPSA) is 103 Å². The van der Waals surface area contributed by atoms with Crippen LogP contribution in [0, 0.1) is 0 Å². The van der Waals surface area contributed by atoms with Gasteiger partial charge in [0.25, 0.3) is 5.91 Å². The maximum absolute atomic E-state index is 13.1. The number of quaternary nitrogens is 1. The third-order valence-electron chi connectivity index (χ3n) is 4.87. The summed E-state index contributed by atoms with van der Waals surface area (Å²) in [4.78, 5) is 13.2. The van der Waals surface area contributed by atoms with Gasteiger partial charge in [-0.25, -0.2) is 8.42 Å². The maximum Gasteiger partial charge on any atom is 0.275 e. The number of hydrogen-bond acceptors (Lipinski definition) is 6. The van der Waals surface area contributed by atoms with Crippen molar-refractivity contribution in [3.8, 4) is 11.5 Å². The van der Waals surface area contributed by atoms with Crippen molar-refractivity contribution in [2.75, 3.05) is 46.9 Å². The number of benzene rings is 1. The van der Waals surface area contributed by atoms with E-state index in [1.807, 2.05) is 0 Å². The Labute approximate surface area is 170 Å². The van der Waals surface area contributed by atoms with Crippen molar-refractivity contribution >= 4 is 15.9 Å². The number of carbonyl (C=O) groups excluding carboxylic acids is 1. The molecule has 0 atom stereocenters. The van der Waals surface area contributed by atoms with Crippen molar-refractivity contribution in [3.05, 3.63) is 42.4 Å². The molecule has 1 aromatic carbocycles. The third-order valence-corrected chi connectivity index (χ3v) is 6.79. The van der Waals surface area contributed by atoms with Gasteiger partial charge in [0.2, 0.25) is 10.0 Å². The molecule has 1 aromatic heterocycles. The molecule has 1 amide bonds. The summed E-state index contributed by atoms with van der Waals surface area (Å²) < 4.78 is 43.2. The minimum absolute atomic E-state index is 0.0824. The van der Waals surface area contributed by atoms with Crippen LogP contribution in [0.2, 0.25) is 0 Å². The molecule has 2 heterocycles. The third kappa shape index (κ3) is 5.08. The molecular weight excluding hydrogens is 398 g/mol. The van der Waals surface area contributed by atoms with Gasteiger partial charge in [-0.15, -0.1) is 0 Å². The van der Waals surface area contributed by atoms with Crippen molar-refractivity contribution in [2.24, 2.45) is 0 Å². The molecular formula is C19H26N3O6S+. The van der Waals surface area contributed by atoms with Crippen molar-refractivity contribution in [1.29, 1.82) is 0 Å². The monoisotopic (exact) mass is 424 g/mol. The van der Waals surface area contributed by atoms with Crippen molar-refractivity contribution in [1.82, 2.24) is 9.62 Å². The Morgan fingerprint density at radius 2 is 1.97 bits per heavy atom. The molecule has 158 valence electrons. The van der Waals surface area contributed by atoms with Gasteiger partial charge in [0.05, 0.1) is 53.2 Å². The average Bonchev–Trinajstić information content (AvgIpc) is 3.26. The lowest BCUT2D eigenvalue weighted by Crippen LogP contribution is -3.15. The van der Waals surface area contributed by atoms with Crippen LogP contribution in [0.1, 0.15) is 5.76 Å². The van der Waals surface area contributed by atoms with Gasteiger partial charge in [-0.05, 0) is 24.3 Å². The zero-order chi connectivity index (χ0) is 20.9. The second kappa shape index (κ2) is 9.29. The van der Waals surface area contributed by atoms with E-state index in [2.05, 4.69) is 5.32 Å². The van der Waals surface area contributed by atoms with E-state index >= 15 is 0 Å². The summed E-state index contributed by atoms with van der Waals surface area (Å²) in [6.45, 7) is 2.36. The number of piperazine rings is 1. The summed E-state index contributed by atoms with van der Waals surface area (Å²) in [5.41, 5.74) is 0. The lowest BCUT2D eigenvalue weighted by Gasteiger charge is -2.31. The summed E-state index contributed by atoms with van der Waals surface area (Å²) in [7, 11) is -0.809. The van der Waals surface area contributed by atoms with E-state index in [9.17, 15) is 13.2 Å². The fourth-order valence-corrected chi connectivity index (χ4v) is 4.84. The summed E-state index contributed by atoms with van der Waals surface area (Å²) in [6, 6.07) is 8.26. The molecule has 10 heteroatoms. The number of nitrogens with zero attached hydrogens (tertiary/aromatic N) is 1. The molecule has 29 heavy (non-hydrogen) atoms. The van der Waals surface area contributed by atoms with E-state index in [1.54, 1.807) is 30.5 Å². The zero-order valence-electron chi connectivity index (χ0n) is 16.5. The fourth-order valence-electron chi connectivity index (χ4n) is 3.23. The van der Waals surface area contributed by atoms with E-state index in [4.69, 9.17) is 13.9 Å². The highest BCUT2D eigenvalue weighted by Crippen LogP contribution is 2.30. The first-order valence-electron chi connectivity index (χ1n) is 9.29. The van der Waals surface area contributed by atoms with E-state index in [-0.39, 0.29) is 23.1 Å². The van der Waals surface area contributed by atoms with Crippen molar-refractivity contribution in [2.45, 2.75) is 11.4 Å². The minimum Gasteiger partial charge on any atom is -0.497 e. The van der Waals surface area contributed by atoms with Crippen LogP contribution in [0.5, 0.6) is 11.5 Å². The molecule has 2 aromatic rings. The highest BCUT2D eigenvalue weighted by molar-refractivity contribution is 7.89. The standard InChI is InChI=1S/C19H25N3O6S/c1-26-15-5-6-17(27-2)18(12-15)29(24,25)22-9-7-21(8-10-22)14-19(23)20-13-16-4-3-11-28-16/h3-6,11-12H,7-10,13-14H2,1-2H3,(H,20,23)/p+1. The lowest BCUT2D eigenvalue weighted by molar-refractivity contribution is -0.895. The number of rotatable bonds is 8. The highest BCUT2D eigenvalue weighted by atomic mass is 32.2. The van der Waals surface area contributed by atoms with Gasteiger partial charge in [0.1, 0.15) is 22.2 Å². The Bertz CT molecular complexity index is 921. The average molecular weight is 424 g/mol. The summed E-state index contributed by atoms with van der Waals surface area (Å²) in [6.07, 6.45) is 1.56. The number of hydrogen-bond donors (Lipinski definition) is 2. The molecule has 2 N–H and O–H groups in total. The van der Waals surface area contributed by atoms with Crippen LogP contribution >= 0.6 is 0 Å². The maximum atomic E-state index is 13.1. The summed E-state index contributed by atoms with van der Waals surface area (Å²) >= 11 is 0. The summed E-state index contributed by atoms with van der Waals surface area (Å²) in [5, 5.41) is 2.81. The first kappa shape index (κ1) is 21.2. The molecule has 1 saturated heterocycles. The lowest BCUT2D eigenvalue weighted by atomic mass is 10.3. The molecule has 3 rings (SSSR count). The smallest absolute Gasteiger partial charge is 0.275 e. The van der Waals surface area contributed by atoms with Gasteiger partial charge in [-0.3, -0.25) is 4.79 Å². The quantitative estimate of drug-likeness (QED) is 0.593. The molecule has 0 radical (unpaired) electrons. The Kier molecular flexibility index (Phi) is 6.78. The van der Waals surface area contributed by atoms with Crippen molar-refractivity contribution in [3.63, 3.8) is 0 Å². The number of carbonyl (C=O) groups is 1. The van der Waals surface area contributed by atoms with Gasteiger partial charge in [0.15, 0.2) is 6.54 Å². The normalized spacial score (nSPS) is 15.8. The van der Waals surface area contributed by atoms with Crippen LogP contribution in [0.4, 0.5) is 0 Å². The van der Waals surface area contributed by atoms with Crippen LogP contribution in [-0.4, -0.2) is 65.6 Å². The molecule has 1 aliphatic heterocycles. The first-order valence-corrected chi connectivity index (χ1v) is 10.7. The zero-order valence-corrected chi connectivity index (χ0v) is 17.3. The Morgan fingerprint density at radius 1 is 1.21 bits per heavy atom. The van der Waals surface area contributed by atoms with Gasteiger partial charge in [-0.2, -0.15) is 4.31 Å². The molecule has 0 bridgehead atoms. The van der Waals surface area contributed by atoms with Gasteiger partial charge >= 0.3 is 0 Å². The molecule has 1 fully saturated rings. The number of nitrogens with one attached hydrogen (secondary N) is 2. The SMILES string of the molecule is COc1ccc(OC)c(S(=O)(=O)N2CC[NH+](CC(=O)NCc3ccco3)CC2)c1. The number of ether oxygens (including phenoxy) is 2. The molecule has 9 nitrogen and oxygen atoms in total. The number of sulfonamides is 1. The molecule has 1 aliphatic rings. The Morgan fingerprint density at radius 3 is 2.59 bits per heavy atom. The Balaban J connectivity index is 1.57. The largest absolute Gasteiger partial charge is 0.497 e. The van der Waals surface area contributed by atoms with Crippen LogP contribution in [0.3, 0.4) is 0 Å². The minimum atomic E-state index is -3.73. The van der Waals surface area contributed by atoms with E-state index in [0.29, 0.717) is 44.2 Å².